The maximum Gasteiger partial charge on any atom is 0.0470 e. The SMILES string of the molecule is CCC(N)CCCSCCCOC. The average Bonchev–Trinajstić information content (AvgIpc) is 2.16. The lowest BCUT2D eigenvalue weighted by atomic mass is 10.1. The molecule has 80 valence electrons. The lowest BCUT2D eigenvalue weighted by molar-refractivity contribution is 0.200. The minimum atomic E-state index is 0.416. The van der Waals surface area contributed by atoms with Gasteiger partial charge in [0.1, 0.15) is 0 Å². The van der Waals surface area contributed by atoms with E-state index in [1.165, 1.54) is 30.8 Å². The van der Waals surface area contributed by atoms with E-state index in [0.717, 1.165) is 13.0 Å². The summed E-state index contributed by atoms with van der Waals surface area (Å²) in [6, 6.07) is 0.416. The van der Waals surface area contributed by atoms with Crippen molar-refractivity contribution < 1.29 is 4.74 Å². The lowest BCUT2D eigenvalue weighted by Crippen LogP contribution is -2.18. The third-order valence-electron chi connectivity index (χ3n) is 2.03. The van der Waals surface area contributed by atoms with E-state index in [0.29, 0.717) is 6.04 Å². The highest BCUT2D eigenvalue weighted by molar-refractivity contribution is 7.99. The third kappa shape index (κ3) is 10.2. The minimum absolute atomic E-state index is 0.416. The summed E-state index contributed by atoms with van der Waals surface area (Å²) in [4.78, 5) is 0. The Balaban J connectivity index is 2.91. The maximum atomic E-state index is 5.81. The molecule has 0 aliphatic carbocycles. The van der Waals surface area contributed by atoms with Crippen molar-refractivity contribution in [3.8, 4) is 0 Å². The number of hydrogen-bond donors (Lipinski definition) is 1. The van der Waals surface area contributed by atoms with Gasteiger partial charge in [-0.15, -0.1) is 0 Å². The Labute approximate surface area is 86.6 Å². The second-order valence-electron chi connectivity index (χ2n) is 3.27. The normalized spacial score (nSPS) is 13.2. The molecule has 13 heavy (non-hydrogen) atoms. The molecule has 0 aliphatic heterocycles. The Morgan fingerprint density at radius 2 is 2.00 bits per heavy atom. The van der Waals surface area contributed by atoms with Crippen LogP contribution in [0, 0.1) is 0 Å². The fraction of sp³-hybridized carbons (Fsp3) is 1.00. The molecular formula is C10H23NOS. The van der Waals surface area contributed by atoms with Crippen molar-refractivity contribution in [2.24, 2.45) is 5.73 Å². The van der Waals surface area contributed by atoms with Crippen molar-refractivity contribution in [1.29, 1.82) is 0 Å². The zero-order valence-corrected chi connectivity index (χ0v) is 9.74. The van der Waals surface area contributed by atoms with Crippen LogP contribution in [0.25, 0.3) is 0 Å². The van der Waals surface area contributed by atoms with Gasteiger partial charge in [-0.3, -0.25) is 0 Å². The fourth-order valence-electron chi connectivity index (χ4n) is 1.06. The minimum Gasteiger partial charge on any atom is -0.385 e. The van der Waals surface area contributed by atoms with E-state index in [1.54, 1.807) is 7.11 Å². The van der Waals surface area contributed by atoms with Crippen LogP contribution in [0.4, 0.5) is 0 Å². The largest absolute Gasteiger partial charge is 0.385 e. The van der Waals surface area contributed by atoms with Gasteiger partial charge in [0.15, 0.2) is 0 Å². The van der Waals surface area contributed by atoms with E-state index in [9.17, 15) is 0 Å². The van der Waals surface area contributed by atoms with Crippen LogP contribution in [0.1, 0.15) is 32.6 Å². The first kappa shape index (κ1) is 13.3. The van der Waals surface area contributed by atoms with Crippen LogP contribution in [-0.4, -0.2) is 31.3 Å². The van der Waals surface area contributed by atoms with Gasteiger partial charge in [-0.1, -0.05) is 6.92 Å². The number of ether oxygens (including phenoxy) is 1. The fourth-order valence-corrected chi connectivity index (χ4v) is 1.96. The molecule has 0 heterocycles. The first-order valence-corrected chi connectivity index (χ1v) is 6.29. The Bertz CT molecular complexity index is 101. The van der Waals surface area contributed by atoms with E-state index < -0.39 is 0 Å². The van der Waals surface area contributed by atoms with Gasteiger partial charge in [0, 0.05) is 19.8 Å². The molecule has 0 saturated heterocycles. The van der Waals surface area contributed by atoms with E-state index in [-0.39, 0.29) is 0 Å². The van der Waals surface area contributed by atoms with E-state index in [2.05, 4.69) is 6.92 Å². The van der Waals surface area contributed by atoms with E-state index in [1.807, 2.05) is 11.8 Å². The molecule has 0 aliphatic rings. The van der Waals surface area contributed by atoms with Gasteiger partial charge in [0.25, 0.3) is 0 Å². The summed E-state index contributed by atoms with van der Waals surface area (Å²) >= 11 is 2.01. The maximum absolute atomic E-state index is 5.81. The molecule has 0 fully saturated rings. The molecule has 0 aromatic heterocycles. The number of rotatable bonds is 9. The molecule has 3 heteroatoms. The van der Waals surface area contributed by atoms with Crippen molar-refractivity contribution in [3.05, 3.63) is 0 Å². The predicted molar refractivity (Wildman–Crippen MR) is 61.3 cm³/mol. The van der Waals surface area contributed by atoms with Crippen LogP contribution in [0.5, 0.6) is 0 Å². The Kier molecular flexibility index (Phi) is 10.6. The molecule has 0 aromatic carbocycles. The molecule has 0 amide bonds. The van der Waals surface area contributed by atoms with Crippen LogP contribution >= 0.6 is 11.8 Å². The molecule has 0 aromatic rings. The molecule has 1 atom stereocenters. The molecule has 0 rings (SSSR count). The van der Waals surface area contributed by atoms with E-state index >= 15 is 0 Å². The number of methoxy groups -OCH3 is 1. The van der Waals surface area contributed by atoms with Crippen LogP contribution in [0.15, 0.2) is 0 Å². The van der Waals surface area contributed by atoms with Crippen molar-refractivity contribution in [2.75, 3.05) is 25.2 Å². The zero-order valence-electron chi connectivity index (χ0n) is 8.92. The topological polar surface area (TPSA) is 35.2 Å². The summed E-state index contributed by atoms with van der Waals surface area (Å²) < 4.78 is 4.97. The standard InChI is InChI=1S/C10H23NOS/c1-3-10(11)6-4-8-13-9-5-7-12-2/h10H,3-9,11H2,1-2H3. The summed E-state index contributed by atoms with van der Waals surface area (Å²) in [5.74, 6) is 2.46. The van der Waals surface area contributed by atoms with Gasteiger partial charge >= 0.3 is 0 Å². The summed E-state index contributed by atoms with van der Waals surface area (Å²) in [5, 5.41) is 0. The summed E-state index contributed by atoms with van der Waals surface area (Å²) in [6.45, 7) is 3.04. The number of hydrogen-bond acceptors (Lipinski definition) is 3. The summed E-state index contributed by atoms with van der Waals surface area (Å²) in [5.41, 5.74) is 5.81. The number of nitrogens with two attached hydrogens (primary N) is 1. The molecule has 2 nitrogen and oxygen atoms in total. The highest BCUT2D eigenvalue weighted by Gasteiger charge is 1.97. The molecule has 2 N–H and O–H groups in total. The highest BCUT2D eigenvalue weighted by atomic mass is 32.2. The van der Waals surface area contributed by atoms with Gasteiger partial charge in [0.2, 0.25) is 0 Å². The van der Waals surface area contributed by atoms with Crippen molar-refractivity contribution >= 4 is 11.8 Å². The first-order chi connectivity index (χ1) is 6.31. The Morgan fingerprint density at radius 1 is 1.31 bits per heavy atom. The Hall–Kier alpha value is 0.270. The molecule has 0 saturated carbocycles. The van der Waals surface area contributed by atoms with Crippen LogP contribution in [-0.2, 0) is 4.74 Å². The van der Waals surface area contributed by atoms with Gasteiger partial charge in [-0.2, -0.15) is 11.8 Å². The summed E-state index contributed by atoms with van der Waals surface area (Å²) in [6.07, 6.45) is 4.70. The van der Waals surface area contributed by atoms with Gasteiger partial charge in [-0.05, 0) is 37.2 Å². The van der Waals surface area contributed by atoms with Gasteiger partial charge < -0.3 is 10.5 Å². The molecular weight excluding hydrogens is 182 g/mol. The van der Waals surface area contributed by atoms with E-state index in [4.69, 9.17) is 10.5 Å². The predicted octanol–water partition coefficient (Wildman–Crippen LogP) is 2.27. The van der Waals surface area contributed by atoms with Gasteiger partial charge in [0.05, 0.1) is 0 Å². The molecule has 0 bridgehead atoms. The lowest BCUT2D eigenvalue weighted by Gasteiger charge is -2.07. The van der Waals surface area contributed by atoms with Crippen LogP contribution in [0.3, 0.4) is 0 Å². The monoisotopic (exact) mass is 205 g/mol. The Morgan fingerprint density at radius 3 is 2.62 bits per heavy atom. The first-order valence-electron chi connectivity index (χ1n) is 5.13. The molecule has 0 spiro atoms. The third-order valence-corrected chi connectivity index (χ3v) is 3.18. The van der Waals surface area contributed by atoms with Crippen LogP contribution < -0.4 is 5.73 Å². The second kappa shape index (κ2) is 10.4. The van der Waals surface area contributed by atoms with Crippen molar-refractivity contribution in [2.45, 2.75) is 38.6 Å². The summed E-state index contributed by atoms with van der Waals surface area (Å²) in [7, 11) is 1.75. The van der Waals surface area contributed by atoms with Crippen LogP contribution in [0.2, 0.25) is 0 Å². The van der Waals surface area contributed by atoms with Crippen molar-refractivity contribution in [1.82, 2.24) is 0 Å². The number of thioether (sulfide) groups is 1. The quantitative estimate of drug-likeness (QED) is 0.587. The zero-order chi connectivity index (χ0) is 9.94. The smallest absolute Gasteiger partial charge is 0.0470 e. The molecule has 0 radical (unpaired) electrons. The highest BCUT2D eigenvalue weighted by Crippen LogP contribution is 2.08. The van der Waals surface area contributed by atoms with Crippen molar-refractivity contribution in [3.63, 3.8) is 0 Å². The second-order valence-corrected chi connectivity index (χ2v) is 4.49. The molecule has 1 unspecified atom stereocenters. The average molecular weight is 205 g/mol. The van der Waals surface area contributed by atoms with Gasteiger partial charge in [-0.25, -0.2) is 0 Å².